The minimum Gasteiger partial charge on any atom is -0.374 e. The van der Waals surface area contributed by atoms with Crippen molar-refractivity contribution >= 4 is 21.6 Å². The van der Waals surface area contributed by atoms with Crippen molar-refractivity contribution in [1.82, 2.24) is 4.98 Å². The summed E-state index contributed by atoms with van der Waals surface area (Å²) >= 11 is 3.48. The molecule has 0 unspecified atom stereocenters. The number of anilines is 1. The number of benzene rings is 2. The number of nitrogens with zero attached hydrogens (tertiary/aromatic N) is 2. The standard InChI is InChI=1S/C20H14BrN3/c21-16-10-8-14(9-11-16)18-20(13-22,15-5-2-1-3-6-15)19-17(24-18)7-4-12-23-19/h1-12,18,24H/t18-,20-/m1/s1. The van der Waals surface area contributed by atoms with E-state index in [0.717, 1.165) is 27.0 Å². The summed E-state index contributed by atoms with van der Waals surface area (Å²) < 4.78 is 1.02. The van der Waals surface area contributed by atoms with E-state index >= 15 is 0 Å². The molecule has 2 heterocycles. The number of hydrogen-bond acceptors (Lipinski definition) is 3. The summed E-state index contributed by atoms with van der Waals surface area (Å²) in [4.78, 5) is 4.56. The highest BCUT2D eigenvalue weighted by Gasteiger charge is 2.51. The van der Waals surface area contributed by atoms with E-state index in [0.29, 0.717) is 0 Å². The topological polar surface area (TPSA) is 48.7 Å². The lowest BCUT2D eigenvalue weighted by molar-refractivity contribution is 0.574. The van der Waals surface area contributed by atoms with E-state index in [1.807, 2.05) is 66.7 Å². The fourth-order valence-electron chi connectivity index (χ4n) is 3.41. The Morgan fingerprint density at radius 2 is 1.75 bits per heavy atom. The zero-order valence-corrected chi connectivity index (χ0v) is 14.4. The minimum atomic E-state index is -0.855. The van der Waals surface area contributed by atoms with E-state index in [1.165, 1.54) is 0 Å². The molecule has 3 aromatic rings. The van der Waals surface area contributed by atoms with E-state index in [1.54, 1.807) is 6.20 Å². The van der Waals surface area contributed by atoms with E-state index in [-0.39, 0.29) is 6.04 Å². The Morgan fingerprint density at radius 3 is 2.46 bits per heavy atom. The van der Waals surface area contributed by atoms with Crippen molar-refractivity contribution in [3.05, 3.63) is 94.2 Å². The number of aromatic nitrogens is 1. The van der Waals surface area contributed by atoms with Crippen molar-refractivity contribution in [3.63, 3.8) is 0 Å². The third-order valence-electron chi connectivity index (χ3n) is 4.52. The van der Waals surface area contributed by atoms with Crippen molar-refractivity contribution in [1.29, 1.82) is 5.26 Å². The smallest absolute Gasteiger partial charge is 0.150 e. The van der Waals surface area contributed by atoms with Gasteiger partial charge in [-0.05, 0) is 35.4 Å². The molecule has 0 bridgehead atoms. The number of nitriles is 1. The van der Waals surface area contributed by atoms with Crippen LogP contribution < -0.4 is 5.32 Å². The van der Waals surface area contributed by atoms with Crippen molar-refractivity contribution in [2.24, 2.45) is 0 Å². The molecule has 24 heavy (non-hydrogen) atoms. The summed E-state index contributed by atoms with van der Waals surface area (Å²) in [5.74, 6) is 0. The molecule has 2 atom stereocenters. The molecule has 4 heteroatoms. The van der Waals surface area contributed by atoms with Crippen LogP contribution in [-0.4, -0.2) is 4.98 Å². The molecule has 1 aliphatic heterocycles. The molecule has 0 aliphatic carbocycles. The Labute approximate surface area is 149 Å². The van der Waals surface area contributed by atoms with Crippen LogP contribution in [0.1, 0.15) is 22.9 Å². The van der Waals surface area contributed by atoms with Crippen molar-refractivity contribution in [2.75, 3.05) is 5.32 Å². The molecule has 2 aromatic carbocycles. The van der Waals surface area contributed by atoms with Gasteiger partial charge in [0.05, 0.1) is 23.5 Å². The van der Waals surface area contributed by atoms with E-state index < -0.39 is 5.41 Å². The summed E-state index contributed by atoms with van der Waals surface area (Å²) in [5, 5.41) is 13.8. The lowest BCUT2D eigenvalue weighted by Gasteiger charge is -2.29. The Bertz CT molecular complexity index is 916. The Balaban J connectivity index is 1.97. The first-order chi connectivity index (χ1) is 11.8. The Morgan fingerprint density at radius 1 is 1.00 bits per heavy atom. The van der Waals surface area contributed by atoms with Gasteiger partial charge in [-0.1, -0.05) is 58.4 Å². The lowest BCUT2D eigenvalue weighted by atomic mass is 9.72. The highest BCUT2D eigenvalue weighted by Crippen LogP contribution is 2.51. The van der Waals surface area contributed by atoms with Crippen LogP contribution in [0.3, 0.4) is 0 Å². The average molecular weight is 376 g/mol. The van der Waals surface area contributed by atoms with E-state index in [2.05, 4.69) is 32.3 Å². The predicted molar refractivity (Wildman–Crippen MR) is 97.6 cm³/mol. The predicted octanol–water partition coefficient (Wildman–Crippen LogP) is 4.82. The highest BCUT2D eigenvalue weighted by molar-refractivity contribution is 9.10. The molecule has 0 radical (unpaired) electrons. The van der Waals surface area contributed by atoms with Crippen LogP contribution in [-0.2, 0) is 5.41 Å². The van der Waals surface area contributed by atoms with Crippen LogP contribution >= 0.6 is 15.9 Å². The van der Waals surface area contributed by atoms with Gasteiger partial charge in [-0.15, -0.1) is 0 Å². The average Bonchev–Trinajstić information content (AvgIpc) is 2.98. The number of hydrogen-bond donors (Lipinski definition) is 1. The number of fused-ring (bicyclic) bond motifs is 1. The van der Waals surface area contributed by atoms with Crippen LogP contribution in [0, 0.1) is 11.3 Å². The van der Waals surface area contributed by atoms with Gasteiger partial charge in [0.2, 0.25) is 0 Å². The van der Waals surface area contributed by atoms with Crippen LogP contribution in [0.4, 0.5) is 5.69 Å². The van der Waals surface area contributed by atoms with E-state index in [4.69, 9.17) is 0 Å². The van der Waals surface area contributed by atoms with Crippen molar-refractivity contribution < 1.29 is 0 Å². The summed E-state index contributed by atoms with van der Waals surface area (Å²) in [5.41, 5.74) is 2.85. The molecular weight excluding hydrogens is 362 g/mol. The van der Waals surface area contributed by atoms with Gasteiger partial charge in [0, 0.05) is 10.7 Å². The maximum atomic E-state index is 10.3. The molecular formula is C20H14BrN3. The van der Waals surface area contributed by atoms with Gasteiger partial charge in [-0.3, -0.25) is 4.98 Å². The van der Waals surface area contributed by atoms with Gasteiger partial charge >= 0.3 is 0 Å². The normalized spacial score (nSPS) is 21.6. The number of rotatable bonds is 2. The third-order valence-corrected chi connectivity index (χ3v) is 5.05. The van der Waals surface area contributed by atoms with Gasteiger partial charge < -0.3 is 5.32 Å². The Hall–Kier alpha value is -2.64. The first-order valence-electron chi connectivity index (χ1n) is 7.70. The van der Waals surface area contributed by atoms with Gasteiger partial charge in [-0.25, -0.2) is 0 Å². The number of nitrogens with one attached hydrogen (secondary N) is 1. The molecule has 1 aliphatic rings. The monoisotopic (exact) mass is 375 g/mol. The second-order valence-corrected chi connectivity index (χ2v) is 6.73. The summed E-state index contributed by atoms with van der Waals surface area (Å²) in [7, 11) is 0. The quantitative estimate of drug-likeness (QED) is 0.698. The van der Waals surface area contributed by atoms with Gasteiger partial charge in [-0.2, -0.15) is 5.26 Å². The molecule has 0 spiro atoms. The fourth-order valence-corrected chi connectivity index (χ4v) is 3.68. The Kier molecular flexibility index (Phi) is 3.59. The zero-order valence-electron chi connectivity index (χ0n) is 12.8. The molecule has 0 saturated carbocycles. The second-order valence-electron chi connectivity index (χ2n) is 5.81. The summed E-state index contributed by atoms with van der Waals surface area (Å²) in [6.07, 6.45) is 1.75. The fraction of sp³-hybridized carbons (Fsp3) is 0.100. The summed E-state index contributed by atoms with van der Waals surface area (Å²) in [6.45, 7) is 0. The van der Waals surface area contributed by atoms with Crippen LogP contribution in [0.5, 0.6) is 0 Å². The summed E-state index contributed by atoms with van der Waals surface area (Å²) in [6, 6.07) is 24.2. The van der Waals surface area contributed by atoms with E-state index in [9.17, 15) is 5.26 Å². The molecule has 4 rings (SSSR count). The van der Waals surface area contributed by atoms with Gasteiger partial charge in [0.1, 0.15) is 0 Å². The molecule has 0 amide bonds. The molecule has 0 fully saturated rings. The maximum Gasteiger partial charge on any atom is 0.150 e. The maximum absolute atomic E-state index is 10.3. The van der Waals surface area contributed by atoms with Crippen molar-refractivity contribution in [3.8, 4) is 6.07 Å². The molecule has 116 valence electrons. The van der Waals surface area contributed by atoms with Crippen LogP contribution in [0.25, 0.3) is 0 Å². The van der Waals surface area contributed by atoms with Gasteiger partial charge in [0.25, 0.3) is 0 Å². The van der Waals surface area contributed by atoms with Gasteiger partial charge in [0.15, 0.2) is 5.41 Å². The number of pyridine rings is 1. The van der Waals surface area contributed by atoms with Crippen LogP contribution in [0.15, 0.2) is 77.4 Å². The third kappa shape index (κ3) is 2.13. The number of halogens is 1. The first-order valence-corrected chi connectivity index (χ1v) is 8.49. The zero-order chi connectivity index (χ0) is 16.6. The molecule has 3 nitrogen and oxygen atoms in total. The highest BCUT2D eigenvalue weighted by atomic mass is 79.9. The van der Waals surface area contributed by atoms with Crippen LogP contribution in [0.2, 0.25) is 0 Å². The SMILES string of the molecule is N#C[C@]1(c2ccccc2)c2ncccc2N[C@@H]1c1ccc(Br)cc1. The first kappa shape index (κ1) is 14.9. The largest absolute Gasteiger partial charge is 0.374 e. The van der Waals surface area contributed by atoms with Crippen molar-refractivity contribution in [2.45, 2.75) is 11.5 Å². The second kappa shape index (κ2) is 5.77. The molecule has 0 saturated heterocycles. The minimum absolute atomic E-state index is 0.192. The molecule has 1 aromatic heterocycles. The lowest BCUT2D eigenvalue weighted by Crippen LogP contribution is -2.32. The molecule has 1 N–H and O–H groups in total.